The van der Waals surface area contributed by atoms with Gasteiger partial charge in [0, 0.05) is 6.42 Å². The standard InChI is InChI=1S/C11H10FN3O/c1-2-11-13-10(7-16)14-15(11)9-6-4-3-5-8(9)12/h3-7H,2H2,1H3. The van der Waals surface area contributed by atoms with Gasteiger partial charge < -0.3 is 0 Å². The highest BCUT2D eigenvalue weighted by Crippen LogP contribution is 2.13. The molecule has 1 aromatic heterocycles. The number of nitrogens with zero attached hydrogens (tertiary/aromatic N) is 3. The van der Waals surface area contributed by atoms with Gasteiger partial charge in [-0.3, -0.25) is 4.79 Å². The minimum absolute atomic E-state index is 0.0695. The Morgan fingerprint density at radius 2 is 2.19 bits per heavy atom. The number of aldehydes is 1. The van der Waals surface area contributed by atoms with E-state index in [0.717, 1.165) is 0 Å². The van der Waals surface area contributed by atoms with Crippen LogP contribution in [0.3, 0.4) is 0 Å². The lowest BCUT2D eigenvalue weighted by Gasteiger charge is -2.04. The van der Waals surface area contributed by atoms with Gasteiger partial charge in [-0.1, -0.05) is 19.1 Å². The molecule has 0 spiro atoms. The van der Waals surface area contributed by atoms with Gasteiger partial charge in [-0.25, -0.2) is 14.1 Å². The number of halogens is 1. The Kier molecular flexibility index (Phi) is 2.76. The van der Waals surface area contributed by atoms with Crippen molar-refractivity contribution in [2.45, 2.75) is 13.3 Å². The molecular formula is C11H10FN3O. The summed E-state index contributed by atoms with van der Waals surface area (Å²) in [6, 6.07) is 6.25. The molecule has 0 saturated carbocycles. The van der Waals surface area contributed by atoms with Gasteiger partial charge in [-0.15, -0.1) is 5.10 Å². The van der Waals surface area contributed by atoms with Gasteiger partial charge in [0.25, 0.3) is 0 Å². The lowest BCUT2D eigenvalue weighted by molar-refractivity contribution is 0.111. The average Bonchev–Trinajstić information content (AvgIpc) is 2.72. The Hall–Kier alpha value is -2.04. The Bertz CT molecular complexity index is 522. The molecule has 0 atom stereocenters. The molecule has 0 bridgehead atoms. The molecule has 0 aliphatic heterocycles. The number of rotatable bonds is 3. The van der Waals surface area contributed by atoms with Crippen molar-refractivity contribution < 1.29 is 9.18 Å². The summed E-state index contributed by atoms with van der Waals surface area (Å²) in [7, 11) is 0. The molecule has 0 radical (unpaired) electrons. The van der Waals surface area contributed by atoms with Gasteiger partial charge in [-0.05, 0) is 12.1 Å². The van der Waals surface area contributed by atoms with Crippen molar-refractivity contribution >= 4 is 6.29 Å². The molecule has 0 N–H and O–H groups in total. The number of benzene rings is 1. The normalized spacial score (nSPS) is 10.4. The van der Waals surface area contributed by atoms with Crippen LogP contribution in [0.4, 0.5) is 4.39 Å². The molecule has 5 heteroatoms. The Balaban J connectivity index is 2.59. The van der Waals surface area contributed by atoms with Crippen molar-refractivity contribution in [2.75, 3.05) is 0 Å². The van der Waals surface area contributed by atoms with Crippen LogP contribution in [0.25, 0.3) is 5.69 Å². The number of hydrogen-bond donors (Lipinski definition) is 0. The molecule has 16 heavy (non-hydrogen) atoms. The number of hydrogen-bond acceptors (Lipinski definition) is 3. The molecular weight excluding hydrogens is 209 g/mol. The lowest BCUT2D eigenvalue weighted by Crippen LogP contribution is -2.04. The first-order valence-electron chi connectivity index (χ1n) is 4.92. The fraction of sp³-hybridized carbons (Fsp3) is 0.182. The van der Waals surface area contributed by atoms with Crippen LogP contribution in [0.2, 0.25) is 0 Å². The third-order valence-corrected chi connectivity index (χ3v) is 2.19. The second-order valence-corrected chi connectivity index (χ2v) is 3.22. The van der Waals surface area contributed by atoms with Crippen LogP contribution in [0.15, 0.2) is 24.3 Å². The molecule has 1 heterocycles. The molecule has 2 aromatic rings. The lowest BCUT2D eigenvalue weighted by atomic mass is 10.3. The summed E-state index contributed by atoms with van der Waals surface area (Å²) < 4.78 is 14.9. The minimum atomic E-state index is -0.389. The molecule has 0 saturated heterocycles. The van der Waals surface area contributed by atoms with E-state index in [0.29, 0.717) is 24.2 Å². The highest BCUT2D eigenvalue weighted by Gasteiger charge is 2.12. The van der Waals surface area contributed by atoms with E-state index in [1.807, 2.05) is 6.92 Å². The zero-order chi connectivity index (χ0) is 11.5. The van der Waals surface area contributed by atoms with Gasteiger partial charge >= 0.3 is 0 Å². The maximum absolute atomic E-state index is 13.5. The molecule has 4 nitrogen and oxygen atoms in total. The fourth-order valence-electron chi connectivity index (χ4n) is 1.46. The van der Waals surface area contributed by atoms with Gasteiger partial charge in [0.1, 0.15) is 17.3 Å². The van der Waals surface area contributed by atoms with Crippen molar-refractivity contribution in [3.63, 3.8) is 0 Å². The van der Waals surface area contributed by atoms with Crippen LogP contribution in [0, 0.1) is 5.82 Å². The first-order chi connectivity index (χ1) is 7.76. The predicted octanol–water partition coefficient (Wildman–Crippen LogP) is 1.78. The molecule has 2 rings (SSSR count). The van der Waals surface area contributed by atoms with Crippen molar-refractivity contribution in [3.8, 4) is 5.69 Å². The largest absolute Gasteiger partial charge is 0.294 e. The van der Waals surface area contributed by atoms with Gasteiger partial charge in [-0.2, -0.15) is 0 Å². The average molecular weight is 219 g/mol. The quantitative estimate of drug-likeness (QED) is 0.739. The van der Waals surface area contributed by atoms with Crippen LogP contribution < -0.4 is 0 Å². The van der Waals surface area contributed by atoms with Crippen LogP contribution in [-0.4, -0.2) is 21.1 Å². The highest BCUT2D eigenvalue weighted by molar-refractivity contribution is 5.68. The summed E-state index contributed by atoms with van der Waals surface area (Å²) in [6.45, 7) is 1.87. The molecule has 0 amide bonds. The summed E-state index contributed by atoms with van der Waals surface area (Å²) in [5, 5.41) is 3.93. The maximum atomic E-state index is 13.5. The SMILES string of the molecule is CCc1nc(C=O)nn1-c1ccccc1F. The van der Waals surface area contributed by atoms with Crippen LogP contribution in [0.1, 0.15) is 23.4 Å². The minimum Gasteiger partial charge on any atom is -0.294 e. The first-order valence-corrected chi connectivity index (χ1v) is 4.92. The first kappa shape index (κ1) is 10.5. The fourth-order valence-corrected chi connectivity index (χ4v) is 1.46. The number of carbonyl (C=O) groups excluding carboxylic acids is 1. The molecule has 0 aliphatic carbocycles. The summed E-state index contributed by atoms with van der Waals surface area (Å²) in [6.07, 6.45) is 1.13. The van der Waals surface area contributed by atoms with Crippen molar-refractivity contribution in [1.82, 2.24) is 14.8 Å². The van der Waals surface area contributed by atoms with E-state index >= 15 is 0 Å². The molecule has 1 aromatic carbocycles. The summed E-state index contributed by atoms with van der Waals surface area (Å²) in [5.74, 6) is 0.242. The van der Waals surface area contributed by atoms with Gasteiger partial charge in [0.05, 0.1) is 0 Å². The molecule has 0 unspecified atom stereocenters. The zero-order valence-electron chi connectivity index (χ0n) is 8.72. The molecule has 0 fully saturated rings. The van der Waals surface area contributed by atoms with Gasteiger partial charge in [0.2, 0.25) is 5.82 Å². The molecule has 82 valence electrons. The number of aromatic nitrogens is 3. The number of aryl methyl sites for hydroxylation is 1. The Morgan fingerprint density at radius 1 is 1.44 bits per heavy atom. The van der Waals surface area contributed by atoms with Crippen molar-refractivity contribution in [2.24, 2.45) is 0 Å². The van der Waals surface area contributed by atoms with E-state index in [-0.39, 0.29) is 11.6 Å². The zero-order valence-corrected chi connectivity index (χ0v) is 8.72. The van der Waals surface area contributed by atoms with E-state index in [2.05, 4.69) is 10.1 Å². The number of para-hydroxylation sites is 1. The van der Waals surface area contributed by atoms with Crippen LogP contribution >= 0.6 is 0 Å². The monoisotopic (exact) mass is 219 g/mol. The second-order valence-electron chi connectivity index (χ2n) is 3.22. The van der Waals surface area contributed by atoms with Gasteiger partial charge in [0.15, 0.2) is 6.29 Å². The second kappa shape index (κ2) is 4.22. The van der Waals surface area contributed by atoms with E-state index in [1.165, 1.54) is 10.7 Å². The number of carbonyl (C=O) groups is 1. The van der Waals surface area contributed by atoms with E-state index in [1.54, 1.807) is 18.2 Å². The highest BCUT2D eigenvalue weighted by atomic mass is 19.1. The smallest absolute Gasteiger partial charge is 0.214 e. The van der Waals surface area contributed by atoms with Crippen LogP contribution in [0.5, 0.6) is 0 Å². The maximum Gasteiger partial charge on any atom is 0.214 e. The van der Waals surface area contributed by atoms with E-state index in [4.69, 9.17) is 0 Å². The Morgan fingerprint density at radius 3 is 2.81 bits per heavy atom. The third kappa shape index (κ3) is 1.71. The molecule has 0 aliphatic rings. The van der Waals surface area contributed by atoms with Crippen LogP contribution in [-0.2, 0) is 6.42 Å². The predicted molar refractivity (Wildman–Crippen MR) is 56.1 cm³/mol. The third-order valence-electron chi connectivity index (χ3n) is 2.19. The summed E-state index contributed by atoms with van der Waals surface area (Å²) in [4.78, 5) is 14.6. The summed E-state index contributed by atoms with van der Waals surface area (Å²) in [5.41, 5.74) is 0.306. The Labute approximate surface area is 91.7 Å². The van der Waals surface area contributed by atoms with E-state index < -0.39 is 0 Å². The van der Waals surface area contributed by atoms with Crippen molar-refractivity contribution in [3.05, 3.63) is 41.7 Å². The van der Waals surface area contributed by atoms with Crippen molar-refractivity contribution in [1.29, 1.82) is 0 Å². The van der Waals surface area contributed by atoms with E-state index in [9.17, 15) is 9.18 Å². The topological polar surface area (TPSA) is 47.8 Å². The summed E-state index contributed by atoms with van der Waals surface area (Å²) >= 11 is 0.